The van der Waals surface area contributed by atoms with Crippen molar-refractivity contribution < 1.29 is 19.1 Å². The Labute approximate surface area is 181 Å². The second-order valence-corrected chi connectivity index (χ2v) is 7.90. The van der Waals surface area contributed by atoms with Crippen LogP contribution in [0.1, 0.15) is 32.4 Å². The first-order valence-electron chi connectivity index (χ1n) is 9.33. The van der Waals surface area contributed by atoms with Gasteiger partial charge in [-0.25, -0.2) is 0 Å². The van der Waals surface area contributed by atoms with Crippen LogP contribution < -0.4 is 19.3 Å². The Morgan fingerprint density at radius 2 is 1.67 bits per heavy atom. The zero-order chi connectivity index (χ0) is 21.0. The van der Waals surface area contributed by atoms with Crippen LogP contribution in [0.5, 0.6) is 11.5 Å². The van der Waals surface area contributed by atoms with Gasteiger partial charge < -0.3 is 9.47 Å². The van der Waals surface area contributed by atoms with E-state index in [9.17, 15) is 9.59 Å². The van der Waals surface area contributed by atoms with Gasteiger partial charge in [-0.15, -0.1) is 0 Å². The molecule has 6 nitrogen and oxygen atoms in total. The molecule has 5 rings (SSSR count). The zero-order valence-corrected chi connectivity index (χ0v) is 17.8. The van der Waals surface area contributed by atoms with Gasteiger partial charge in [0.25, 0.3) is 11.8 Å². The van der Waals surface area contributed by atoms with Crippen molar-refractivity contribution in [1.29, 1.82) is 0 Å². The van der Waals surface area contributed by atoms with Crippen molar-refractivity contribution in [3.05, 3.63) is 81.8 Å². The second kappa shape index (κ2) is 6.88. The molecule has 0 radical (unpaired) electrons. The monoisotopic (exact) mass is 464 g/mol. The average Bonchev–Trinajstić information content (AvgIpc) is 3.06. The molecule has 0 saturated carbocycles. The van der Waals surface area contributed by atoms with E-state index in [1.807, 2.05) is 36.4 Å². The molecular formula is C23H17BrN2O4. The summed E-state index contributed by atoms with van der Waals surface area (Å²) in [5.41, 5.74) is 2.85. The van der Waals surface area contributed by atoms with Gasteiger partial charge in [0.1, 0.15) is 6.17 Å². The van der Waals surface area contributed by atoms with Gasteiger partial charge in [0.05, 0.1) is 31.0 Å². The van der Waals surface area contributed by atoms with Crippen LogP contribution in [-0.2, 0) is 0 Å². The standard InChI is InChI=1S/C23H17BrN2O4/c1-29-18-11-10-16-19(20(18)30-2)23(28)26-17-9-4-3-8-15(17)22(27)25(21(16)26)14-7-5-6-13(24)12-14/h3-12,21H,1-2H3/t21-/m1/s1. The number of halogens is 1. The number of ether oxygens (including phenoxy) is 2. The number of hydrogen-bond acceptors (Lipinski definition) is 4. The molecule has 0 bridgehead atoms. The molecule has 0 saturated heterocycles. The summed E-state index contributed by atoms with van der Waals surface area (Å²) in [6.07, 6.45) is -0.621. The number of methoxy groups -OCH3 is 2. The van der Waals surface area contributed by atoms with E-state index in [1.165, 1.54) is 14.2 Å². The van der Waals surface area contributed by atoms with Crippen molar-refractivity contribution in [2.24, 2.45) is 0 Å². The first kappa shape index (κ1) is 18.7. The van der Waals surface area contributed by atoms with Crippen molar-refractivity contribution in [2.75, 3.05) is 24.0 Å². The molecule has 0 aromatic heterocycles. The summed E-state index contributed by atoms with van der Waals surface area (Å²) in [7, 11) is 3.04. The molecule has 150 valence electrons. The fourth-order valence-electron chi connectivity index (χ4n) is 4.23. The molecule has 1 atom stereocenters. The minimum absolute atomic E-state index is 0.166. The highest BCUT2D eigenvalue weighted by Gasteiger charge is 2.50. The summed E-state index contributed by atoms with van der Waals surface area (Å²) in [6, 6.07) is 18.2. The number of rotatable bonds is 3. The van der Waals surface area contributed by atoms with Crippen molar-refractivity contribution in [3.63, 3.8) is 0 Å². The van der Waals surface area contributed by atoms with Gasteiger partial charge in [0, 0.05) is 15.7 Å². The molecule has 2 heterocycles. The molecule has 7 heteroatoms. The van der Waals surface area contributed by atoms with Crippen molar-refractivity contribution in [1.82, 2.24) is 0 Å². The number of carbonyl (C=O) groups is 2. The quantitative estimate of drug-likeness (QED) is 0.559. The maximum atomic E-state index is 13.6. The lowest BCUT2D eigenvalue weighted by Crippen LogP contribution is -2.48. The normalized spacial score (nSPS) is 16.8. The van der Waals surface area contributed by atoms with Gasteiger partial charge in [0.2, 0.25) is 0 Å². The summed E-state index contributed by atoms with van der Waals surface area (Å²) >= 11 is 3.48. The molecule has 0 unspecified atom stereocenters. The van der Waals surface area contributed by atoms with Crippen molar-refractivity contribution >= 4 is 39.1 Å². The van der Waals surface area contributed by atoms with E-state index in [0.717, 1.165) is 4.47 Å². The number of hydrogen-bond donors (Lipinski definition) is 0. The molecular weight excluding hydrogens is 448 g/mol. The highest BCUT2D eigenvalue weighted by molar-refractivity contribution is 9.10. The molecule has 3 aromatic carbocycles. The fourth-order valence-corrected chi connectivity index (χ4v) is 4.62. The predicted molar refractivity (Wildman–Crippen MR) is 116 cm³/mol. The number of nitrogens with zero attached hydrogens (tertiary/aromatic N) is 2. The Balaban J connectivity index is 1.81. The number of amides is 2. The lowest BCUT2D eigenvalue weighted by Gasteiger charge is -2.40. The fraction of sp³-hybridized carbons (Fsp3) is 0.130. The smallest absolute Gasteiger partial charge is 0.264 e. The van der Waals surface area contributed by atoms with Gasteiger partial charge in [-0.2, -0.15) is 0 Å². The predicted octanol–water partition coefficient (Wildman–Crippen LogP) is 4.79. The van der Waals surface area contributed by atoms with Crippen molar-refractivity contribution in [3.8, 4) is 11.5 Å². The van der Waals surface area contributed by atoms with Crippen LogP contribution in [0.3, 0.4) is 0 Å². The van der Waals surface area contributed by atoms with E-state index < -0.39 is 6.17 Å². The number of carbonyl (C=O) groups excluding carboxylic acids is 2. The Morgan fingerprint density at radius 1 is 0.867 bits per heavy atom. The molecule has 0 fully saturated rings. The minimum Gasteiger partial charge on any atom is -0.493 e. The Bertz CT molecular complexity index is 1210. The topological polar surface area (TPSA) is 59.1 Å². The molecule has 30 heavy (non-hydrogen) atoms. The summed E-state index contributed by atoms with van der Waals surface area (Å²) in [6.45, 7) is 0. The van der Waals surface area contributed by atoms with Crippen LogP contribution in [-0.4, -0.2) is 26.0 Å². The van der Waals surface area contributed by atoms with Crippen LogP contribution in [0, 0.1) is 0 Å². The lowest BCUT2D eigenvalue weighted by atomic mass is 10.0. The third-order valence-electron chi connectivity index (χ3n) is 5.48. The van der Waals surface area contributed by atoms with Crippen molar-refractivity contribution in [2.45, 2.75) is 6.17 Å². The Hall–Kier alpha value is -3.32. The highest BCUT2D eigenvalue weighted by Crippen LogP contribution is 2.50. The van der Waals surface area contributed by atoms with Gasteiger partial charge in [-0.1, -0.05) is 40.2 Å². The van der Waals surface area contributed by atoms with Gasteiger partial charge >= 0.3 is 0 Å². The number of para-hydroxylation sites is 1. The maximum Gasteiger partial charge on any atom is 0.264 e. The largest absolute Gasteiger partial charge is 0.493 e. The van der Waals surface area contributed by atoms with Gasteiger partial charge in [-0.05, 0) is 36.4 Å². The van der Waals surface area contributed by atoms with Crippen LogP contribution in [0.4, 0.5) is 11.4 Å². The first-order chi connectivity index (χ1) is 14.6. The third-order valence-corrected chi connectivity index (χ3v) is 5.97. The molecule has 0 N–H and O–H groups in total. The molecule has 2 aliphatic heterocycles. The molecule has 2 aliphatic rings. The zero-order valence-electron chi connectivity index (χ0n) is 16.3. The van der Waals surface area contributed by atoms with Crippen LogP contribution in [0.2, 0.25) is 0 Å². The SMILES string of the molecule is COc1ccc2c(c1OC)C(=O)N1c3ccccc3C(=O)N(c3cccc(Br)c3)[C@@H]21. The highest BCUT2D eigenvalue weighted by atomic mass is 79.9. The second-order valence-electron chi connectivity index (χ2n) is 6.99. The molecule has 0 aliphatic carbocycles. The van der Waals surface area contributed by atoms with E-state index in [2.05, 4.69) is 15.9 Å². The van der Waals surface area contributed by atoms with E-state index >= 15 is 0 Å². The lowest BCUT2D eigenvalue weighted by molar-refractivity contribution is 0.0948. The third kappa shape index (κ3) is 2.48. The Morgan fingerprint density at radius 3 is 2.40 bits per heavy atom. The first-order valence-corrected chi connectivity index (χ1v) is 10.1. The number of fused-ring (bicyclic) bond motifs is 5. The number of benzene rings is 3. The van der Waals surface area contributed by atoms with E-state index in [-0.39, 0.29) is 11.8 Å². The maximum absolute atomic E-state index is 13.6. The summed E-state index contributed by atoms with van der Waals surface area (Å²) in [5.74, 6) is 0.442. The van der Waals surface area contributed by atoms with Crippen LogP contribution in [0.15, 0.2) is 65.1 Å². The van der Waals surface area contributed by atoms with E-state index in [4.69, 9.17) is 9.47 Å². The van der Waals surface area contributed by atoms with Gasteiger partial charge in [0.15, 0.2) is 11.5 Å². The minimum atomic E-state index is -0.621. The average molecular weight is 465 g/mol. The summed E-state index contributed by atoms with van der Waals surface area (Å²) < 4.78 is 11.8. The molecule has 0 spiro atoms. The van der Waals surface area contributed by atoms with Crippen LogP contribution in [0.25, 0.3) is 0 Å². The van der Waals surface area contributed by atoms with Crippen LogP contribution >= 0.6 is 15.9 Å². The molecule has 3 aromatic rings. The molecule has 2 amide bonds. The number of anilines is 2. The van der Waals surface area contributed by atoms with Gasteiger partial charge in [-0.3, -0.25) is 19.4 Å². The van der Waals surface area contributed by atoms with E-state index in [0.29, 0.717) is 39.6 Å². The summed E-state index contributed by atoms with van der Waals surface area (Å²) in [5, 5.41) is 0. The Kier molecular flexibility index (Phi) is 4.29. The summed E-state index contributed by atoms with van der Waals surface area (Å²) in [4.78, 5) is 30.5. The van der Waals surface area contributed by atoms with E-state index in [1.54, 1.807) is 34.1 Å².